The van der Waals surface area contributed by atoms with Crippen molar-refractivity contribution in [2.45, 2.75) is 47.3 Å². The first kappa shape index (κ1) is 35.2. The number of furan rings is 3. The molecule has 0 spiro atoms. The third-order valence-corrected chi connectivity index (χ3v) is 12.3. The van der Waals surface area contributed by atoms with Crippen LogP contribution in [0, 0.1) is 27.6 Å². The molecule has 0 aliphatic carbocycles. The summed E-state index contributed by atoms with van der Waals surface area (Å²) < 4.78 is 79.5. The highest BCUT2D eigenvalue weighted by Crippen LogP contribution is 2.41. The molecule has 0 saturated carbocycles. The van der Waals surface area contributed by atoms with E-state index in [1.54, 1.807) is 55.3 Å². The van der Waals surface area contributed by atoms with Crippen LogP contribution in [-0.4, -0.2) is 15.0 Å². The average molecular weight is 889 g/mol. The maximum atomic E-state index is 8.69. The number of pyridine rings is 6. The number of aryl methyl sites for hydroxylation is 7. The van der Waals surface area contributed by atoms with Crippen LogP contribution in [0.15, 0.2) is 166 Å². The van der Waals surface area contributed by atoms with Crippen LogP contribution in [0.1, 0.15) is 57.3 Å². The monoisotopic (exact) mass is 888 g/mol. The zero-order chi connectivity index (χ0) is 52.4. The van der Waals surface area contributed by atoms with E-state index in [-0.39, 0.29) is 11.3 Å². The largest absolute Gasteiger partial charge is 0.455 e. The molecule has 0 fully saturated rings. The first-order valence-electron chi connectivity index (χ1n) is 25.5. The summed E-state index contributed by atoms with van der Waals surface area (Å²) in [5.74, 6) is -1.96. The summed E-state index contributed by atoms with van der Waals surface area (Å²) in [5.41, 5.74) is 13.7. The molecule has 0 bridgehead atoms. The summed E-state index contributed by atoms with van der Waals surface area (Å²) in [6.45, 7) is 2.51. The van der Waals surface area contributed by atoms with Crippen molar-refractivity contribution in [3.8, 4) is 33.8 Å². The Morgan fingerprint density at radius 1 is 0.567 bits per heavy atom. The van der Waals surface area contributed by atoms with Crippen molar-refractivity contribution in [2.24, 2.45) is 21.1 Å². The van der Waals surface area contributed by atoms with Gasteiger partial charge in [0.2, 0.25) is 22.8 Å². The van der Waals surface area contributed by atoms with Crippen molar-refractivity contribution in [1.29, 1.82) is 0 Å². The minimum absolute atomic E-state index is 0.125. The van der Waals surface area contributed by atoms with Crippen LogP contribution in [0.3, 0.4) is 0 Å². The Morgan fingerprint density at radius 2 is 1.21 bits per heavy atom. The molecule has 0 saturated heterocycles. The summed E-state index contributed by atoms with van der Waals surface area (Å²) in [5, 5.41) is 5.64. The Balaban J connectivity index is 0.000000131. The van der Waals surface area contributed by atoms with Crippen molar-refractivity contribution in [1.82, 2.24) is 15.0 Å². The molecule has 9 nitrogen and oxygen atoms in total. The van der Waals surface area contributed by atoms with Crippen LogP contribution in [0.25, 0.3) is 99.7 Å². The Morgan fingerprint density at radius 3 is 1.90 bits per heavy atom. The van der Waals surface area contributed by atoms with Gasteiger partial charge >= 0.3 is 0 Å². The topological polar surface area (TPSA) is 89.7 Å². The number of para-hydroxylation sites is 1. The molecule has 12 rings (SSSR count). The van der Waals surface area contributed by atoms with E-state index >= 15 is 0 Å². The fraction of sp³-hybridized carbons (Fsp3) is 0.172. The Kier molecular flexibility index (Phi) is 9.15. The third kappa shape index (κ3) is 7.66. The smallest absolute Gasteiger partial charge is 0.227 e. The van der Waals surface area contributed by atoms with E-state index in [1.165, 1.54) is 40.6 Å². The number of fused-ring (bicyclic) bond motifs is 9. The van der Waals surface area contributed by atoms with Gasteiger partial charge in [0.1, 0.15) is 43.5 Å². The fourth-order valence-electron chi connectivity index (χ4n) is 9.20. The van der Waals surface area contributed by atoms with Gasteiger partial charge in [-0.15, -0.1) is 0 Å². The normalized spacial score (nSPS) is 14.3. The second kappa shape index (κ2) is 17.4. The SMILES string of the molecule is Cc1ccc2oc3cnccc3c2c1-c1cccc[n+]1C.Cc1ccc2oc3ncccc3c2c1-c1cccc[n+]1C.[2H]C([2H])([2H])c1ccc(-c2c(C)nc(C([2H])(C)C([2H])([2H])[2H])c3c2oc2ccccc23)[n+](C)c1. The summed E-state index contributed by atoms with van der Waals surface area (Å²) in [6, 6.07) is 37.3. The van der Waals surface area contributed by atoms with E-state index in [0.717, 1.165) is 38.3 Å². The quantitative estimate of drug-likeness (QED) is 0.164. The molecule has 1 atom stereocenters. The van der Waals surface area contributed by atoms with E-state index in [2.05, 4.69) is 107 Å². The van der Waals surface area contributed by atoms with Gasteiger partial charge in [0.05, 0.1) is 34.1 Å². The van der Waals surface area contributed by atoms with Gasteiger partial charge < -0.3 is 13.3 Å². The van der Waals surface area contributed by atoms with Gasteiger partial charge in [-0.25, -0.2) is 18.7 Å². The molecule has 9 heteroatoms. The van der Waals surface area contributed by atoms with Gasteiger partial charge in [0, 0.05) is 84.8 Å². The van der Waals surface area contributed by atoms with Crippen molar-refractivity contribution in [3.05, 3.63) is 181 Å². The van der Waals surface area contributed by atoms with Gasteiger partial charge in [-0.2, -0.15) is 0 Å². The highest BCUT2D eigenvalue weighted by atomic mass is 16.3. The lowest BCUT2D eigenvalue weighted by Gasteiger charge is -2.11. The first-order valence-corrected chi connectivity index (χ1v) is 22.0. The number of benzene rings is 3. The second-order valence-electron chi connectivity index (χ2n) is 16.8. The molecule has 9 aromatic heterocycles. The molecule has 0 aliphatic heterocycles. The molecule has 1 unspecified atom stereocenters. The number of nitrogens with zero attached hydrogens (tertiary/aromatic N) is 6. The Bertz CT molecular complexity index is 3970. The molecule has 3 aromatic carbocycles. The van der Waals surface area contributed by atoms with E-state index in [0.29, 0.717) is 44.6 Å². The average Bonchev–Trinajstić information content (AvgIpc) is 4.06. The van der Waals surface area contributed by atoms with E-state index in [9.17, 15) is 0 Å². The van der Waals surface area contributed by atoms with Crippen LogP contribution in [0.5, 0.6) is 0 Å². The predicted octanol–water partition coefficient (Wildman–Crippen LogP) is 12.8. The van der Waals surface area contributed by atoms with Gasteiger partial charge in [-0.05, 0) is 99.2 Å². The molecule has 0 radical (unpaired) electrons. The molecule has 0 N–H and O–H groups in total. The van der Waals surface area contributed by atoms with Gasteiger partial charge in [0.25, 0.3) is 0 Å². The minimum Gasteiger partial charge on any atom is -0.455 e. The maximum absolute atomic E-state index is 8.69. The maximum Gasteiger partial charge on any atom is 0.227 e. The number of aromatic nitrogens is 6. The lowest BCUT2D eigenvalue weighted by Crippen LogP contribution is -2.31. The van der Waals surface area contributed by atoms with E-state index in [4.69, 9.17) is 22.8 Å². The summed E-state index contributed by atoms with van der Waals surface area (Å²) in [6.07, 6.45) is 11.0. The lowest BCUT2D eigenvalue weighted by atomic mass is 9.98. The van der Waals surface area contributed by atoms with Crippen molar-refractivity contribution in [2.75, 3.05) is 0 Å². The molecule has 67 heavy (non-hydrogen) atoms. The van der Waals surface area contributed by atoms with Gasteiger partial charge in [-0.3, -0.25) is 9.97 Å². The van der Waals surface area contributed by atoms with Crippen molar-refractivity contribution >= 4 is 65.9 Å². The fourth-order valence-corrected chi connectivity index (χ4v) is 9.20. The standard InChI is InChI=1S/C22H23N2O.2C18H15N2O/c1-13(2)21-20-16-8-6-7-9-18(16)25-22(20)19(15(4)23-21)17-11-10-14(3)12-24(17)5;1-12-8-9-15-17(13-6-5-10-19-18(13)21-15)16(12)14-7-3-4-11-20(14)2;1-12-6-7-15-18(13-8-9-19-11-16(13)21-15)17(12)14-5-3-4-10-20(14)2/h6-13H,1-5H3;2*3-11H,1-2H3/q3*+1/i1D3,3D3,13D;;. The molecule has 0 aliphatic rings. The second-order valence-corrected chi connectivity index (χ2v) is 16.8. The molecule has 330 valence electrons. The minimum atomic E-state index is -2.61. The van der Waals surface area contributed by atoms with E-state index < -0.39 is 19.6 Å². The van der Waals surface area contributed by atoms with Crippen molar-refractivity contribution in [3.63, 3.8) is 0 Å². The zero-order valence-electron chi connectivity index (χ0n) is 45.3. The molecular weight excluding hydrogens is 829 g/mol. The highest BCUT2D eigenvalue weighted by Gasteiger charge is 2.26. The van der Waals surface area contributed by atoms with Crippen LogP contribution >= 0.6 is 0 Å². The third-order valence-electron chi connectivity index (χ3n) is 12.3. The Labute approximate surface area is 399 Å². The lowest BCUT2D eigenvalue weighted by molar-refractivity contribution is -0.660. The first-order chi connectivity index (χ1) is 35.2. The van der Waals surface area contributed by atoms with E-state index in [1.807, 2.05) is 60.8 Å². The molecule has 9 heterocycles. The number of hydrogen-bond acceptors (Lipinski definition) is 6. The van der Waals surface area contributed by atoms with Crippen LogP contribution in [0.2, 0.25) is 0 Å². The van der Waals surface area contributed by atoms with Crippen LogP contribution in [-0.2, 0) is 21.1 Å². The molecular formula is C58H53N6O3+3. The summed E-state index contributed by atoms with van der Waals surface area (Å²) >= 11 is 0. The number of hydrogen-bond donors (Lipinski definition) is 0. The Hall–Kier alpha value is -8.04. The zero-order valence-corrected chi connectivity index (χ0v) is 38.3. The van der Waals surface area contributed by atoms with Crippen molar-refractivity contribution < 1.29 is 36.5 Å². The molecule has 12 aromatic rings. The predicted molar refractivity (Wildman–Crippen MR) is 267 cm³/mol. The molecule has 0 amide bonds. The van der Waals surface area contributed by atoms with Crippen LogP contribution < -0.4 is 13.7 Å². The van der Waals surface area contributed by atoms with Gasteiger partial charge in [0.15, 0.2) is 29.8 Å². The highest BCUT2D eigenvalue weighted by molar-refractivity contribution is 6.13. The van der Waals surface area contributed by atoms with Crippen LogP contribution in [0.4, 0.5) is 0 Å². The summed E-state index contributed by atoms with van der Waals surface area (Å²) in [7, 11) is 5.87. The number of rotatable bonds is 4. The summed E-state index contributed by atoms with van der Waals surface area (Å²) in [4.78, 5) is 13.1. The van der Waals surface area contributed by atoms with Gasteiger partial charge in [-0.1, -0.05) is 44.1 Å².